The maximum absolute atomic E-state index is 13.0. The molecule has 1 aromatic rings. The number of hydrogen-bond acceptors (Lipinski definition) is 3. The molecule has 0 radical (unpaired) electrons. The lowest BCUT2D eigenvalue weighted by Gasteiger charge is -2.23. The molecule has 5 nitrogen and oxygen atoms in total. The van der Waals surface area contributed by atoms with Crippen molar-refractivity contribution in [2.24, 2.45) is 10.9 Å². The standard InChI is InChI=1S/C20H31FN4O/c1-2-22-20(23-13-19(26)17-5-7-18(21)8-6-17)25-12-9-16(15-25)14-24-10-3-4-11-24/h5-8,16,19,26H,2-4,9-15H2,1H3,(H,22,23). The Bertz CT molecular complexity index is 586. The van der Waals surface area contributed by atoms with Crippen molar-refractivity contribution in [3.05, 3.63) is 35.6 Å². The summed E-state index contributed by atoms with van der Waals surface area (Å²) in [5, 5.41) is 13.7. The van der Waals surface area contributed by atoms with Gasteiger partial charge in [-0.1, -0.05) is 12.1 Å². The molecule has 144 valence electrons. The average Bonchev–Trinajstić information content (AvgIpc) is 3.31. The lowest BCUT2D eigenvalue weighted by atomic mass is 10.1. The number of hydrogen-bond donors (Lipinski definition) is 2. The normalized spacial score (nSPS) is 22.8. The van der Waals surface area contributed by atoms with Gasteiger partial charge >= 0.3 is 0 Å². The Balaban J connectivity index is 1.55. The Morgan fingerprint density at radius 1 is 1.27 bits per heavy atom. The summed E-state index contributed by atoms with van der Waals surface area (Å²) in [5.41, 5.74) is 0.694. The van der Waals surface area contributed by atoms with E-state index in [-0.39, 0.29) is 12.4 Å². The van der Waals surface area contributed by atoms with Crippen molar-refractivity contribution in [2.75, 3.05) is 45.8 Å². The highest BCUT2D eigenvalue weighted by atomic mass is 19.1. The molecule has 26 heavy (non-hydrogen) atoms. The number of nitrogens with one attached hydrogen (secondary N) is 1. The third-order valence-corrected chi connectivity index (χ3v) is 5.30. The number of rotatable bonds is 6. The second-order valence-corrected chi connectivity index (χ2v) is 7.37. The number of benzene rings is 1. The molecule has 1 aromatic carbocycles. The Labute approximate surface area is 155 Å². The monoisotopic (exact) mass is 362 g/mol. The fourth-order valence-electron chi connectivity index (χ4n) is 3.89. The first-order chi connectivity index (χ1) is 12.7. The van der Waals surface area contributed by atoms with E-state index in [1.807, 2.05) is 0 Å². The van der Waals surface area contributed by atoms with E-state index < -0.39 is 6.10 Å². The van der Waals surface area contributed by atoms with E-state index in [1.54, 1.807) is 12.1 Å². The van der Waals surface area contributed by atoms with E-state index in [2.05, 4.69) is 27.0 Å². The SMILES string of the molecule is CCNC(=NCC(O)c1ccc(F)cc1)N1CCC(CN2CCCC2)C1. The maximum atomic E-state index is 13.0. The smallest absolute Gasteiger partial charge is 0.194 e. The molecule has 2 N–H and O–H groups in total. The van der Waals surface area contributed by atoms with Crippen LogP contribution in [0.5, 0.6) is 0 Å². The molecule has 2 unspecified atom stereocenters. The summed E-state index contributed by atoms with van der Waals surface area (Å²) in [6.45, 7) is 8.85. The molecule has 3 rings (SSSR count). The first-order valence-corrected chi connectivity index (χ1v) is 9.85. The molecule has 2 aliphatic rings. The van der Waals surface area contributed by atoms with Gasteiger partial charge in [0.05, 0.1) is 12.6 Å². The van der Waals surface area contributed by atoms with Gasteiger partial charge in [0.25, 0.3) is 0 Å². The Morgan fingerprint density at radius 2 is 2.00 bits per heavy atom. The predicted octanol–water partition coefficient (Wildman–Crippen LogP) is 2.24. The zero-order chi connectivity index (χ0) is 18.4. The van der Waals surface area contributed by atoms with E-state index in [9.17, 15) is 9.50 Å². The number of nitrogens with zero attached hydrogens (tertiary/aromatic N) is 3. The molecule has 2 saturated heterocycles. The Morgan fingerprint density at radius 3 is 2.69 bits per heavy atom. The van der Waals surface area contributed by atoms with E-state index >= 15 is 0 Å². The van der Waals surface area contributed by atoms with Gasteiger partial charge < -0.3 is 20.2 Å². The summed E-state index contributed by atoms with van der Waals surface area (Å²) in [5.74, 6) is 1.27. The van der Waals surface area contributed by atoms with Crippen LogP contribution in [0, 0.1) is 11.7 Å². The van der Waals surface area contributed by atoms with E-state index in [1.165, 1.54) is 51.0 Å². The number of aliphatic hydroxyl groups excluding tert-OH is 1. The van der Waals surface area contributed by atoms with Gasteiger partial charge in [-0.2, -0.15) is 0 Å². The van der Waals surface area contributed by atoms with Gasteiger partial charge in [-0.3, -0.25) is 4.99 Å². The molecule has 2 fully saturated rings. The third-order valence-electron chi connectivity index (χ3n) is 5.30. The van der Waals surface area contributed by atoms with E-state index in [0.29, 0.717) is 11.5 Å². The minimum atomic E-state index is -0.716. The fraction of sp³-hybridized carbons (Fsp3) is 0.650. The summed E-state index contributed by atoms with van der Waals surface area (Å²) >= 11 is 0. The predicted molar refractivity (Wildman–Crippen MR) is 103 cm³/mol. The summed E-state index contributed by atoms with van der Waals surface area (Å²) in [4.78, 5) is 9.52. The van der Waals surface area contributed by atoms with Crippen LogP contribution in [-0.2, 0) is 0 Å². The van der Waals surface area contributed by atoms with E-state index in [0.717, 1.165) is 25.6 Å². The fourth-order valence-corrected chi connectivity index (χ4v) is 3.89. The van der Waals surface area contributed by atoms with Gasteiger partial charge in [0.15, 0.2) is 5.96 Å². The van der Waals surface area contributed by atoms with Crippen LogP contribution in [0.15, 0.2) is 29.3 Å². The first kappa shape index (κ1) is 19.1. The van der Waals surface area contributed by atoms with Crippen LogP contribution in [0.2, 0.25) is 0 Å². The number of guanidine groups is 1. The molecular formula is C20H31FN4O. The molecule has 0 aromatic heterocycles. The van der Waals surface area contributed by atoms with Crippen molar-refractivity contribution in [3.8, 4) is 0 Å². The summed E-state index contributed by atoms with van der Waals surface area (Å²) in [7, 11) is 0. The molecule has 0 spiro atoms. The van der Waals surface area contributed by atoms with Gasteiger partial charge in [-0.05, 0) is 62.9 Å². The number of aliphatic hydroxyl groups is 1. The first-order valence-electron chi connectivity index (χ1n) is 9.85. The summed E-state index contributed by atoms with van der Waals surface area (Å²) in [6, 6.07) is 5.97. The topological polar surface area (TPSA) is 51.1 Å². The maximum Gasteiger partial charge on any atom is 0.194 e. The zero-order valence-electron chi connectivity index (χ0n) is 15.7. The van der Waals surface area contributed by atoms with Crippen molar-refractivity contribution in [1.82, 2.24) is 15.1 Å². The largest absolute Gasteiger partial charge is 0.386 e. The zero-order valence-corrected chi connectivity index (χ0v) is 15.7. The van der Waals surface area contributed by atoms with Gasteiger partial charge in [0.1, 0.15) is 5.82 Å². The van der Waals surface area contributed by atoms with Gasteiger partial charge in [-0.25, -0.2) is 4.39 Å². The van der Waals surface area contributed by atoms with Crippen molar-refractivity contribution in [1.29, 1.82) is 0 Å². The Hall–Kier alpha value is -1.66. The van der Waals surface area contributed by atoms with Crippen LogP contribution in [0.4, 0.5) is 4.39 Å². The molecule has 2 heterocycles. The molecule has 6 heteroatoms. The lowest BCUT2D eigenvalue weighted by molar-refractivity contribution is 0.186. The molecule has 0 saturated carbocycles. The summed E-state index contributed by atoms with van der Waals surface area (Å²) in [6.07, 6.45) is 3.15. The number of likely N-dealkylation sites (tertiary alicyclic amines) is 2. The minimum Gasteiger partial charge on any atom is -0.386 e. The van der Waals surface area contributed by atoms with Gasteiger partial charge in [0.2, 0.25) is 0 Å². The Kier molecular flexibility index (Phi) is 6.86. The second-order valence-electron chi connectivity index (χ2n) is 7.37. The van der Waals surface area contributed by atoms with Crippen LogP contribution < -0.4 is 5.32 Å². The summed E-state index contributed by atoms with van der Waals surface area (Å²) < 4.78 is 13.0. The molecule has 0 bridgehead atoms. The molecule has 0 amide bonds. The highest BCUT2D eigenvalue weighted by Gasteiger charge is 2.27. The molecule has 2 aliphatic heterocycles. The highest BCUT2D eigenvalue weighted by molar-refractivity contribution is 5.80. The number of halogens is 1. The molecule has 0 aliphatic carbocycles. The van der Waals surface area contributed by atoms with Crippen LogP contribution in [-0.4, -0.2) is 66.7 Å². The van der Waals surface area contributed by atoms with Crippen LogP contribution in [0.25, 0.3) is 0 Å². The van der Waals surface area contributed by atoms with Crippen molar-refractivity contribution < 1.29 is 9.50 Å². The average molecular weight is 362 g/mol. The van der Waals surface area contributed by atoms with Crippen molar-refractivity contribution >= 4 is 5.96 Å². The minimum absolute atomic E-state index is 0.279. The third kappa shape index (κ3) is 5.17. The quantitative estimate of drug-likeness (QED) is 0.602. The number of aliphatic imine (C=N–C) groups is 1. The van der Waals surface area contributed by atoms with Crippen LogP contribution in [0.1, 0.15) is 37.9 Å². The lowest BCUT2D eigenvalue weighted by Crippen LogP contribution is -2.41. The highest BCUT2D eigenvalue weighted by Crippen LogP contribution is 2.20. The van der Waals surface area contributed by atoms with Crippen LogP contribution in [0.3, 0.4) is 0 Å². The van der Waals surface area contributed by atoms with Crippen LogP contribution >= 0.6 is 0 Å². The van der Waals surface area contributed by atoms with Crippen molar-refractivity contribution in [3.63, 3.8) is 0 Å². The van der Waals surface area contributed by atoms with Gasteiger partial charge in [0, 0.05) is 26.2 Å². The van der Waals surface area contributed by atoms with Gasteiger partial charge in [-0.15, -0.1) is 0 Å². The molecular weight excluding hydrogens is 331 g/mol. The molecule has 2 atom stereocenters. The second kappa shape index (κ2) is 9.33. The van der Waals surface area contributed by atoms with Crippen molar-refractivity contribution in [2.45, 2.75) is 32.3 Å². The van der Waals surface area contributed by atoms with E-state index in [4.69, 9.17) is 0 Å².